The fraction of sp³-hybridized carbons (Fsp3) is 0.654. The van der Waals surface area contributed by atoms with E-state index in [0.29, 0.717) is 45.2 Å². The average Bonchev–Trinajstić information content (AvgIpc) is 4.01. The molecule has 0 spiro atoms. The number of unbranched alkanes of at least 4 members (excludes halogenated alkanes) is 3. The smallest absolute Gasteiger partial charge is 0.407 e. The molecule has 29 heteroatoms. The molecule has 29 nitrogen and oxygen atoms in total. The number of ether oxygens (including phenoxy) is 8. The van der Waals surface area contributed by atoms with Crippen LogP contribution in [-0.2, 0) is 70.3 Å². The van der Waals surface area contributed by atoms with Gasteiger partial charge in [-0.1, -0.05) is 67.1 Å². The Morgan fingerprint density at radius 1 is 0.556 bits per heavy atom. The lowest BCUT2D eigenvalue weighted by atomic mass is 9.96. The minimum atomic E-state index is -1.89. The lowest BCUT2D eigenvalue weighted by molar-refractivity contribution is -0.366. The van der Waals surface area contributed by atoms with Crippen molar-refractivity contribution >= 4 is 35.9 Å². The largest absolute Gasteiger partial charge is 0.480 e. The molecule has 0 radical (unpaired) electrons. The molecule has 5 amide bonds. The summed E-state index contributed by atoms with van der Waals surface area (Å²) in [4.78, 5) is 71.3. The summed E-state index contributed by atoms with van der Waals surface area (Å²) in [5.74, 6) is -2.37. The van der Waals surface area contributed by atoms with Gasteiger partial charge in [-0.3, -0.25) is 19.3 Å². The number of aliphatic carboxylic acids is 1. The summed E-state index contributed by atoms with van der Waals surface area (Å²) in [6, 6.07) is 17.4. The van der Waals surface area contributed by atoms with E-state index in [9.17, 15) is 84.9 Å². The van der Waals surface area contributed by atoms with E-state index >= 15 is 0 Å². The van der Waals surface area contributed by atoms with Crippen molar-refractivity contribution < 1.29 is 123 Å². The molecule has 454 valence electrons. The maximum absolute atomic E-state index is 12.4. The number of aliphatic hydroxyl groups is 10. The highest BCUT2D eigenvalue weighted by Gasteiger charge is 2.52. The summed E-state index contributed by atoms with van der Waals surface area (Å²) in [7, 11) is 0. The van der Waals surface area contributed by atoms with E-state index < -0.39 is 148 Å². The zero-order chi connectivity index (χ0) is 59.0. The Morgan fingerprint density at radius 2 is 1.05 bits per heavy atom. The van der Waals surface area contributed by atoms with Crippen LogP contribution in [0, 0.1) is 0 Å². The number of rotatable bonds is 28. The van der Waals surface area contributed by atoms with Crippen molar-refractivity contribution in [3.63, 3.8) is 0 Å². The highest BCUT2D eigenvalue weighted by Crippen LogP contribution is 2.31. The molecule has 81 heavy (non-hydrogen) atoms. The number of imide groups is 1. The zero-order valence-corrected chi connectivity index (χ0v) is 44.3. The third kappa shape index (κ3) is 20.4. The first-order valence-electron chi connectivity index (χ1n) is 26.6. The summed E-state index contributed by atoms with van der Waals surface area (Å²) in [6.45, 7) is -1.36. The Balaban J connectivity index is 0.000000386. The number of nitrogens with zero attached hydrogens (tertiary/aromatic N) is 1. The van der Waals surface area contributed by atoms with Gasteiger partial charge in [0, 0.05) is 38.9 Å². The summed E-state index contributed by atoms with van der Waals surface area (Å²) in [5, 5.41) is 120. The van der Waals surface area contributed by atoms with Gasteiger partial charge in [-0.2, -0.15) is 0 Å². The van der Waals surface area contributed by atoms with Gasteiger partial charge in [0.1, 0.15) is 92.5 Å². The third-order valence-electron chi connectivity index (χ3n) is 13.4. The molecule has 0 aromatic heterocycles. The van der Waals surface area contributed by atoms with Gasteiger partial charge in [0.2, 0.25) is 17.7 Å². The van der Waals surface area contributed by atoms with Gasteiger partial charge in [0.05, 0.1) is 26.4 Å². The standard InChI is InChI=1S/C34H54N2O19.C18H22N2O6/c37-13-18-22(40)25(43)27(45)31(52-18)50-16-20-24(42)30(55-33-28(46)26(44)23(41)19(14-38)53-33)29(47)32(54-20)49-12-11-35-21(39)9-5-2-6-10-36-34(48)51-15-17-7-3-1-4-8-17;21-15-9-10-16(22)20(15)14(17(23)24)8-4-5-11-19-18(25)26-12-13-6-2-1-3-7-13/h1,3-4,7-8,18-20,22-33,37-38,40-47H,2,5-6,9-16H2,(H,35,39)(H,36,48);1-3,6-7,14H,4-5,8-12H2,(H,19,25)(H,23,24)/t18-,19-,20-,22-,23-,24-,25+,26+,27+,28+,29+,30+,31+,32+,33-;/m1./s1. The second-order valence-corrected chi connectivity index (χ2v) is 19.4. The number of aliphatic hydroxyl groups excluding tert-OH is 10. The molecule has 0 bridgehead atoms. The molecule has 16 atom stereocenters. The number of hydrogen-bond acceptors (Lipinski definition) is 24. The number of benzene rings is 2. The molecule has 4 aliphatic heterocycles. The van der Waals surface area contributed by atoms with Crippen LogP contribution >= 0.6 is 0 Å². The van der Waals surface area contributed by atoms with E-state index in [1.807, 2.05) is 60.7 Å². The summed E-state index contributed by atoms with van der Waals surface area (Å²) in [6.07, 6.45) is -22.9. The van der Waals surface area contributed by atoms with E-state index in [2.05, 4.69) is 16.0 Å². The van der Waals surface area contributed by atoms with Crippen LogP contribution in [-0.4, -0.2) is 241 Å². The van der Waals surface area contributed by atoms with Crippen molar-refractivity contribution in [2.75, 3.05) is 46.1 Å². The second kappa shape index (κ2) is 34.1. The number of likely N-dealkylation sites (tertiary alicyclic amines) is 1. The minimum Gasteiger partial charge on any atom is -0.480 e. The first-order valence-corrected chi connectivity index (χ1v) is 26.6. The van der Waals surface area contributed by atoms with Crippen LogP contribution < -0.4 is 16.0 Å². The lowest BCUT2D eigenvalue weighted by Gasteiger charge is -2.46. The van der Waals surface area contributed by atoms with Crippen LogP contribution in [0.1, 0.15) is 68.9 Å². The molecule has 1 unspecified atom stereocenters. The Labute approximate surface area is 465 Å². The maximum atomic E-state index is 12.4. The van der Waals surface area contributed by atoms with E-state index in [-0.39, 0.29) is 58.0 Å². The summed E-state index contributed by atoms with van der Waals surface area (Å²) >= 11 is 0. The van der Waals surface area contributed by atoms with Crippen LogP contribution in [0.4, 0.5) is 9.59 Å². The molecule has 4 fully saturated rings. The Hall–Kier alpha value is -5.58. The fourth-order valence-electron chi connectivity index (χ4n) is 8.81. The number of carbonyl (C=O) groups is 6. The van der Waals surface area contributed by atoms with E-state index in [1.54, 1.807) is 0 Å². The van der Waals surface area contributed by atoms with Crippen molar-refractivity contribution in [3.05, 3.63) is 71.8 Å². The monoisotopic (exact) mass is 1160 g/mol. The van der Waals surface area contributed by atoms with Crippen molar-refractivity contribution in [3.8, 4) is 0 Å². The van der Waals surface area contributed by atoms with Gasteiger partial charge < -0.3 is 110 Å². The van der Waals surface area contributed by atoms with Crippen molar-refractivity contribution in [2.24, 2.45) is 0 Å². The fourth-order valence-corrected chi connectivity index (χ4v) is 8.81. The number of alkyl carbamates (subject to hydrolysis) is 2. The first-order chi connectivity index (χ1) is 38.8. The molecule has 2 aromatic carbocycles. The molecule has 0 aliphatic carbocycles. The predicted octanol–water partition coefficient (Wildman–Crippen LogP) is -3.26. The average molecular weight is 1160 g/mol. The maximum Gasteiger partial charge on any atom is 0.407 e. The second-order valence-electron chi connectivity index (χ2n) is 19.4. The molecule has 2 aromatic rings. The van der Waals surface area contributed by atoms with E-state index in [1.165, 1.54) is 0 Å². The van der Waals surface area contributed by atoms with Crippen LogP contribution in [0.3, 0.4) is 0 Å². The molecule has 4 saturated heterocycles. The van der Waals surface area contributed by atoms with Gasteiger partial charge in [-0.05, 0) is 43.2 Å². The van der Waals surface area contributed by atoms with Crippen molar-refractivity contribution in [2.45, 2.75) is 169 Å². The number of hydrogen-bond donors (Lipinski definition) is 14. The Kier molecular flexibility index (Phi) is 27.9. The SMILES string of the molecule is O=C(CCCCCNC(=O)OCc1ccccc1)NCCO[C@H]1O[C@H](CO[C@H]2O[C@H](CO)[C@@H](O)[C@H](O)[C@@H]2O)[C@@H](O)[C@H](O[C@H]2O[C@H](CO)[C@@H](O)[C@H](O)[C@@H]2O)[C@@H]1O.O=C(NCCCCC(C(=O)O)N1C(=O)CCC1=O)OCc1ccccc1. The molecular formula is C52H76N4O25. The number of carboxylic acid groups (broad SMARTS) is 1. The van der Waals surface area contributed by atoms with Gasteiger partial charge in [0.15, 0.2) is 18.9 Å². The van der Waals surface area contributed by atoms with Gasteiger partial charge in [-0.15, -0.1) is 0 Å². The van der Waals surface area contributed by atoms with Crippen LogP contribution in [0.2, 0.25) is 0 Å². The number of amides is 5. The summed E-state index contributed by atoms with van der Waals surface area (Å²) in [5.41, 5.74) is 1.75. The topological polar surface area (TPSA) is 438 Å². The molecule has 4 heterocycles. The normalized spacial score (nSPS) is 29.7. The zero-order valence-electron chi connectivity index (χ0n) is 44.3. The number of nitrogens with one attached hydrogen (secondary N) is 3. The Bertz CT molecular complexity index is 2220. The lowest BCUT2D eigenvalue weighted by Crippen LogP contribution is -2.65. The van der Waals surface area contributed by atoms with Gasteiger partial charge >= 0.3 is 18.2 Å². The van der Waals surface area contributed by atoms with Gasteiger partial charge in [-0.25, -0.2) is 14.4 Å². The molecule has 14 N–H and O–H groups in total. The first kappa shape index (κ1) is 66.2. The Morgan fingerprint density at radius 3 is 1.58 bits per heavy atom. The number of carbonyl (C=O) groups excluding carboxylic acids is 5. The van der Waals surface area contributed by atoms with E-state index in [0.717, 1.165) is 16.0 Å². The molecular weight excluding hydrogens is 1080 g/mol. The number of carboxylic acids is 1. The van der Waals surface area contributed by atoms with Crippen LogP contribution in [0.5, 0.6) is 0 Å². The van der Waals surface area contributed by atoms with E-state index in [4.69, 9.17) is 37.9 Å². The molecule has 6 rings (SSSR count). The van der Waals surface area contributed by atoms with Crippen molar-refractivity contribution in [1.82, 2.24) is 20.9 Å². The third-order valence-corrected chi connectivity index (χ3v) is 13.4. The van der Waals surface area contributed by atoms with Crippen LogP contribution in [0.15, 0.2) is 60.7 Å². The van der Waals surface area contributed by atoms with Crippen molar-refractivity contribution in [1.29, 1.82) is 0 Å². The highest BCUT2D eigenvalue weighted by atomic mass is 16.7. The predicted molar refractivity (Wildman–Crippen MR) is 272 cm³/mol. The highest BCUT2D eigenvalue weighted by molar-refractivity contribution is 6.04. The van der Waals surface area contributed by atoms with Gasteiger partial charge in [0.25, 0.3) is 0 Å². The molecule has 0 saturated carbocycles. The summed E-state index contributed by atoms with van der Waals surface area (Å²) < 4.78 is 43.5. The van der Waals surface area contributed by atoms with Crippen LogP contribution in [0.25, 0.3) is 0 Å². The minimum absolute atomic E-state index is 0.0347. The molecule has 4 aliphatic rings. The quantitative estimate of drug-likeness (QED) is 0.0294.